The number of amides is 2. The fourth-order valence-corrected chi connectivity index (χ4v) is 2.00. The summed E-state index contributed by atoms with van der Waals surface area (Å²) in [5.74, 6) is -0.0586. The Morgan fingerprint density at radius 3 is 2.69 bits per heavy atom. The number of nitrogens with zero attached hydrogens (tertiary/aromatic N) is 1. The van der Waals surface area contributed by atoms with E-state index >= 15 is 0 Å². The zero-order valence-corrected chi connectivity index (χ0v) is 10.3. The van der Waals surface area contributed by atoms with Crippen molar-refractivity contribution in [2.75, 3.05) is 33.2 Å². The van der Waals surface area contributed by atoms with Crippen LogP contribution in [-0.4, -0.2) is 49.9 Å². The van der Waals surface area contributed by atoms with Gasteiger partial charge in [0.25, 0.3) is 0 Å². The van der Waals surface area contributed by atoms with E-state index in [1.54, 1.807) is 7.05 Å². The predicted octanol–water partition coefficient (Wildman–Crippen LogP) is -0.419. The number of hydrogen-bond acceptors (Lipinski definition) is 3. The third-order valence-corrected chi connectivity index (χ3v) is 2.99. The van der Waals surface area contributed by atoms with Gasteiger partial charge in [-0.15, -0.1) is 0 Å². The van der Waals surface area contributed by atoms with E-state index in [-0.39, 0.29) is 23.8 Å². The van der Waals surface area contributed by atoms with E-state index in [4.69, 9.17) is 0 Å². The molecule has 0 aromatic rings. The van der Waals surface area contributed by atoms with Gasteiger partial charge in [0, 0.05) is 20.1 Å². The van der Waals surface area contributed by atoms with E-state index in [2.05, 4.69) is 10.6 Å². The highest BCUT2D eigenvalue weighted by Crippen LogP contribution is 2.26. The summed E-state index contributed by atoms with van der Waals surface area (Å²) >= 11 is 0. The van der Waals surface area contributed by atoms with Crippen LogP contribution in [0.25, 0.3) is 0 Å². The lowest BCUT2D eigenvalue weighted by atomic mass is 9.88. The lowest BCUT2D eigenvalue weighted by Crippen LogP contribution is -2.45. The third kappa shape index (κ3) is 2.95. The van der Waals surface area contributed by atoms with Gasteiger partial charge in [0.2, 0.25) is 11.8 Å². The topological polar surface area (TPSA) is 61.4 Å². The Labute approximate surface area is 96.6 Å². The van der Waals surface area contributed by atoms with Crippen LogP contribution >= 0.6 is 0 Å². The Hall–Kier alpha value is -1.10. The Kier molecular flexibility index (Phi) is 4.29. The van der Waals surface area contributed by atoms with Crippen molar-refractivity contribution in [2.45, 2.75) is 20.3 Å². The first kappa shape index (κ1) is 13.0. The number of rotatable bonds is 4. The molecule has 0 aromatic carbocycles. The third-order valence-electron chi connectivity index (χ3n) is 2.99. The fraction of sp³-hybridized carbons (Fsp3) is 0.818. The molecule has 92 valence electrons. The highest BCUT2D eigenvalue weighted by molar-refractivity contribution is 5.87. The maximum absolute atomic E-state index is 12.1. The first-order valence-electron chi connectivity index (χ1n) is 5.72. The van der Waals surface area contributed by atoms with Crippen molar-refractivity contribution in [3.63, 3.8) is 0 Å². The molecule has 0 aliphatic carbocycles. The standard InChI is InChI=1S/C11H21N3O2/c1-4-13-9(15)7-14(3)10(16)11(2)5-6-12-8-11/h12H,4-8H2,1-3H3,(H,13,15). The molecule has 1 unspecified atom stereocenters. The molecule has 2 amide bonds. The summed E-state index contributed by atoms with van der Waals surface area (Å²) in [5, 5.41) is 5.86. The molecular formula is C11H21N3O2. The molecule has 1 fully saturated rings. The maximum Gasteiger partial charge on any atom is 0.239 e. The van der Waals surface area contributed by atoms with Crippen molar-refractivity contribution < 1.29 is 9.59 Å². The zero-order chi connectivity index (χ0) is 12.2. The summed E-state index contributed by atoms with van der Waals surface area (Å²) in [6.45, 7) is 6.12. The van der Waals surface area contributed by atoms with Gasteiger partial charge in [0.15, 0.2) is 0 Å². The van der Waals surface area contributed by atoms with Crippen molar-refractivity contribution >= 4 is 11.8 Å². The molecule has 1 aliphatic heterocycles. The van der Waals surface area contributed by atoms with Gasteiger partial charge >= 0.3 is 0 Å². The van der Waals surface area contributed by atoms with Crippen molar-refractivity contribution in [1.29, 1.82) is 0 Å². The number of carbonyl (C=O) groups excluding carboxylic acids is 2. The maximum atomic E-state index is 12.1. The van der Waals surface area contributed by atoms with Gasteiger partial charge < -0.3 is 15.5 Å². The van der Waals surface area contributed by atoms with Gasteiger partial charge in [0.05, 0.1) is 12.0 Å². The molecule has 1 heterocycles. The number of carbonyl (C=O) groups is 2. The van der Waals surface area contributed by atoms with Gasteiger partial charge in [-0.3, -0.25) is 9.59 Å². The number of hydrogen-bond donors (Lipinski definition) is 2. The Morgan fingerprint density at radius 1 is 1.50 bits per heavy atom. The van der Waals surface area contributed by atoms with Crippen LogP contribution in [0.2, 0.25) is 0 Å². The van der Waals surface area contributed by atoms with Gasteiger partial charge in [-0.1, -0.05) is 0 Å². The molecule has 0 radical (unpaired) electrons. The van der Waals surface area contributed by atoms with Crippen molar-refractivity contribution in [1.82, 2.24) is 15.5 Å². The molecular weight excluding hydrogens is 206 g/mol. The molecule has 0 spiro atoms. The first-order valence-corrected chi connectivity index (χ1v) is 5.72. The molecule has 16 heavy (non-hydrogen) atoms. The second-order valence-electron chi connectivity index (χ2n) is 4.60. The van der Waals surface area contributed by atoms with Crippen LogP contribution in [0.15, 0.2) is 0 Å². The summed E-state index contributed by atoms with van der Waals surface area (Å²) in [4.78, 5) is 25.0. The minimum atomic E-state index is -0.346. The van der Waals surface area contributed by atoms with Gasteiger partial charge in [0.1, 0.15) is 0 Å². The Bertz CT molecular complexity index is 272. The Morgan fingerprint density at radius 2 is 2.19 bits per heavy atom. The average molecular weight is 227 g/mol. The van der Waals surface area contributed by atoms with Gasteiger partial charge in [-0.05, 0) is 26.8 Å². The molecule has 1 aliphatic rings. The summed E-state index contributed by atoms with van der Waals surface area (Å²) in [6.07, 6.45) is 0.839. The minimum absolute atomic E-state index is 0.0451. The van der Waals surface area contributed by atoms with Crippen LogP contribution in [0.3, 0.4) is 0 Å². The van der Waals surface area contributed by atoms with E-state index in [1.165, 1.54) is 4.90 Å². The van der Waals surface area contributed by atoms with Crippen LogP contribution in [-0.2, 0) is 9.59 Å². The molecule has 5 nitrogen and oxygen atoms in total. The molecule has 2 N–H and O–H groups in total. The van der Waals surface area contributed by atoms with E-state index in [9.17, 15) is 9.59 Å². The second kappa shape index (κ2) is 5.30. The summed E-state index contributed by atoms with van der Waals surface area (Å²) in [7, 11) is 1.68. The van der Waals surface area contributed by atoms with Crippen LogP contribution in [0.4, 0.5) is 0 Å². The predicted molar refractivity (Wildman–Crippen MR) is 61.9 cm³/mol. The first-order chi connectivity index (χ1) is 7.49. The second-order valence-corrected chi connectivity index (χ2v) is 4.60. The van der Waals surface area contributed by atoms with Gasteiger partial charge in [-0.25, -0.2) is 0 Å². The SMILES string of the molecule is CCNC(=O)CN(C)C(=O)C1(C)CCNC1. The Balaban J connectivity index is 2.50. The van der Waals surface area contributed by atoms with E-state index in [1.807, 2.05) is 13.8 Å². The number of likely N-dealkylation sites (N-methyl/N-ethyl adjacent to an activating group) is 2. The number of nitrogens with one attached hydrogen (secondary N) is 2. The summed E-state index contributed by atoms with van der Waals surface area (Å²) < 4.78 is 0. The lowest BCUT2D eigenvalue weighted by molar-refractivity contribution is -0.141. The van der Waals surface area contributed by atoms with E-state index in [0.29, 0.717) is 13.1 Å². The smallest absolute Gasteiger partial charge is 0.239 e. The van der Waals surface area contributed by atoms with Crippen LogP contribution in [0.1, 0.15) is 20.3 Å². The quantitative estimate of drug-likeness (QED) is 0.686. The molecule has 0 saturated carbocycles. The zero-order valence-electron chi connectivity index (χ0n) is 10.3. The van der Waals surface area contributed by atoms with Crippen LogP contribution < -0.4 is 10.6 Å². The molecule has 0 bridgehead atoms. The highest BCUT2D eigenvalue weighted by atomic mass is 16.2. The van der Waals surface area contributed by atoms with Crippen LogP contribution in [0.5, 0.6) is 0 Å². The molecule has 1 atom stereocenters. The molecule has 1 rings (SSSR count). The fourth-order valence-electron chi connectivity index (χ4n) is 2.00. The highest BCUT2D eigenvalue weighted by Gasteiger charge is 2.38. The largest absolute Gasteiger partial charge is 0.355 e. The normalized spacial score (nSPS) is 24.2. The molecule has 5 heteroatoms. The summed E-state index contributed by atoms with van der Waals surface area (Å²) in [6, 6.07) is 0. The summed E-state index contributed by atoms with van der Waals surface area (Å²) in [5.41, 5.74) is -0.346. The van der Waals surface area contributed by atoms with E-state index < -0.39 is 0 Å². The van der Waals surface area contributed by atoms with Crippen molar-refractivity contribution in [3.05, 3.63) is 0 Å². The lowest BCUT2D eigenvalue weighted by Gasteiger charge is -2.27. The van der Waals surface area contributed by atoms with E-state index in [0.717, 1.165) is 13.0 Å². The monoisotopic (exact) mass is 227 g/mol. The van der Waals surface area contributed by atoms with Gasteiger partial charge in [-0.2, -0.15) is 0 Å². The van der Waals surface area contributed by atoms with Crippen LogP contribution in [0, 0.1) is 5.41 Å². The molecule has 1 saturated heterocycles. The van der Waals surface area contributed by atoms with Crippen molar-refractivity contribution in [3.8, 4) is 0 Å². The van der Waals surface area contributed by atoms with Crippen molar-refractivity contribution in [2.24, 2.45) is 5.41 Å². The average Bonchev–Trinajstić information content (AvgIpc) is 2.65. The molecule has 0 aromatic heterocycles. The minimum Gasteiger partial charge on any atom is -0.355 e.